The molecule has 0 atom stereocenters. The molecule has 7 aromatic rings. The summed E-state index contributed by atoms with van der Waals surface area (Å²) in [6.45, 7) is 8.79. The number of fused-ring (bicyclic) bond motifs is 8. The maximum Gasteiger partial charge on any atom is 0.0737 e. The third-order valence-electron chi connectivity index (χ3n) is 11.4. The van der Waals surface area contributed by atoms with Gasteiger partial charge in [-0.15, -0.1) is 0 Å². The standard InChI is InChI=1S/C52H46N4.Zn/c1-5-33-9-17-37(18-10-33)49-41-25-27-43(53-41)50(38-19-11-34(6-2)12-20-38)45-29-31-47(55-45)52(40-23-15-36(8-4)16-24-40)48-32-30-46(56-48)51(44-28-26-42(49)54-44)39-21-13-35(7-3)14-22-39;/h9-32,53,56H,5-8H2,1-4H3;. The molecule has 0 amide bonds. The van der Waals surface area contributed by atoms with E-state index < -0.39 is 0 Å². The Morgan fingerprint density at radius 3 is 0.719 bits per heavy atom. The summed E-state index contributed by atoms with van der Waals surface area (Å²) < 4.78 is 0. The molecule has 0 unspecified atom stereocenters. The molecule has 0 saturated heterocycles. The van der Waals surface area contributed by atoms with Crippen LogP contribution in [0.2, 0.25) is 0 Å². The van der Waals surface area contributed by atoms with Gasteiger partial charge in [-0.2, -0.15) is 0 Å². The van der Waals surface area contributed by atoms with Crippen LogP contribution in [0.1, 0.15) is 72.7 Å². The molecule has 5 heterocycles. The fraction of sp³-hybridized carbons (Fsp3) is 0.154. The normalized spacial score (nSPS) is 11.9. The Balaban J connectivity index is 0.00000455. The van der Waals surface area contributed by atoms with E-state index in [0.717, 1.165) is 115 Å². The maximum absolute atomic E-state index is 5.47. The summed E-state index contributed by atoms with van der Waals surface area (Å²) in [5.41, 5.74) is 21.7. The Morgan fingerprint density at radius 2 is 0.526 bits per heavy atom. The van der Waals surface area contributed by atoms with Gasteiger partial charge >= 0.3 is 0 Å². The van der Waals surface area contributed by atoms with E-state index in [9.17, 15) is 0 Å². The molecule has 57 heavy (non-hydrogen) atoms. The number of nitrogens with zero attached hydrogens (tertiary/aromatic N) is 2. The van der Waals surface area contributed by atoms with Gasteiger partial charge in [-0.3, -0.25) is 0 Å². The first-order chi connectivity index (χ1) is 27.5. The topological polar surface area (TPSA) is 57.4 Å². The molecular formula is C52H46N4Zn. The van der Waals surface area contributed by atoms with E-state index in [1.807, 2.05) is 0 Å². The van der Waals surface area contributed by atoms with Gasteiger partial charge < -0.3 is 9.97 Å². The molecule has 3 aromatic heterocycles. The maximum atomic E-state index is 5.47. The quantitative estimate of drug-likeness (QED) is 0.151. The van der Waals surface area contributed by atoms with E-state index >= 15 is 0 Å². The number of benzene rings is 4. The number of H-pyrrole nitrogens is 2. The van der Waals surface area contributed by atoms with Crippen LogP contribution in [0, 0.1) is 0 Å². The second kappa shape index (κ2) is 16.3. The zero-order valence-electron chi connectivity index (χ0n) is 33.3. The van der Waals surface area contributed by atoms with Gasteiger partial charge in [0.2, 0.25) is 0 Å². The van der Waals surface area contributed by atoms with Gasteiger partial charge in [0.25, 0.3) is 0 Å². The van der Waals surface area contributed by atoms with Gasteiger partial charge in [0.05, 0.1) is 22.8 Å². The van der Waals surface area contributed by atoms with Gasteiger partial charge in [-0.1, -0.05) is 125 Å². The molecule has 0 radical (unpaired) electrons. The Bertz CT molecular complexity index is 2420. The molecule has 0 aliphatic carbocycles. The minimum Gasteiger partial charge on any atom is -0.354 e. The van der Waals surface area contributed by atoms with E-state index in [2.05, 4.69) is 183 Å². The average molecular weight is 792 g/mol. The third-order valence-corrected chi connectivity index (χ3v) is 11.4. The number of aryl methyl sites for hydroxylation is 4. The molecule has 8 bridgehead atoms. The van der Waals surface area contributed by atoms with E-state index in [0.29, 0.717) is 0 Å². The van der Waals surface area contributed by atoms with Crippen molar-refractivity contribution in [3.8, 4) is 44.5 Å². The van der Waals surface area contributed by atoms with Crippen LogP contribution in [-0.2, 0) is 45.2 Å². The largest absolute Gasteiger partial charge is 0.354 e. The second-order valence-corrected chi connectivity index (χ2v) is 14.7. The summed E-state index contributed by atoms with van der Waals surface area (Å²) in [6, 6.07) is 44.5. The molecule has 0 spiro atoms. The molecular weight excluding hydrogens is 746 g/mol. The van der Waals surface area contributed by atoms with E-state index in [4.69, 9.17) is 9.97 Å². The van der Waals surface area contributed by atoms with Gasteiger partial charge in [0.1, 0.15) is 0 Å². The molecule has 4 nitrogen and oxygen atoms in total. The van der Waals surface area contributed by atoms with Crippen LogP contribution in [0.4, 0.5) is 0 Å². The first kappa shape index (κ1) is 38.0. The van der Waals surface area contributed by atoms with Crippen LogP contribution in [0.3, 0.4) is 0 Å². The summed E-state index contributed by atoms with van der Waals surface area (Å²) in [4.78, 5) is 18.7. The van der Waals surface area contributed by atoms with Crippen LogP contribution >= 0.6 is 0 Å². The second-order valence-electron chi connectivity index (χ2n) is 14.7. The average Bonchev–Trinajstić information content (AvgIpc) is 4.10. The van der Waals surface area contributed by atoms with Crippen molar-refractivity contribution in [2.24, 2.45) is 0 Å². The number of aromatic amines is 2. The zero-order chi connectivity index (χ0) is 38.2. The van der Waals surface area contributed by atoms with E-state index in [-0.39, 0.29) is 19.5 Å². The fourth-order valence-electron chi connectivity index (χ4n) is 8.05. The number of nitrogens with one attached hydrogen (secondary N) is 2. The number of hydrogen-bond acceptors (Lipinski definition) is 2. The summed E-state index contributed by atoms with van der Waals surface area (Å²) in [5, 5.41) is 0. The first-order valence-corrected chi connectivity index (χ1v) is 20.1. The molecule has 0 saturated carbocycles. The third kappa shape index (κ3) is 7.29. The minimum absolute atomic E-state index is 0. The Morgan fingerprint density at radius 1 is 0.316 bits per heavy atom. The first-order valence-electron chi connectivity index (χ1n) is 20.1. The molecule has 4 aromatic carbocycles. The predicted molar refractivity (Wildman–Crippen MR) is 238 cm³/mol. The van der Waals surface area contributed by atoms with Crippen molar-refractivity contribution < 1.29 is 19.5 Å². The summed E-state index contributed by atoms with van der Waals surface area (Å²) in [5.74, 6) is 0. The number of hydrogen-bond donors (Lipinski definition) is 2. The van der Waals surface area contributed by atoms with Crippen molar-refractivity contribution in [3.63, 3.8) is 0 Å². The molecule has 0 fully saturated rings. The van der Waals surface area contributed by atoms with E-state index in [1.54, 1.807) is 0 Å². The van der Waals surface area contributed by atoms with Crippen molar-refractivity contribution in [3.05, 3.63) is 166 Å². The van der Waals surface area contributed by atoms with Crippen molar-refractivity contribution in [2.75, 3.05) is 0 Å². The summed E-state index contributed by atoms with van der Waals surface area (Å²) in [7, 11) is 0. The van der Waals surface area contributed by atoms with Gasteiger partial charge in [0.15, 0.2) is 0 Å². The van der Waals surface area contributed by atoms with Crippen LogP contribution in [-0.4, -0.2) is 19.9 Å². The minimum atomic E-state index is 0. The van der Waals surface area contributed by atoms with Crippen molar-refractivity contribution >= 4 is 46.4 Å². The number of rotatable bonds is 8. The van der Waals surface area contributed by atoms with Gasteiger partial charge in [0, 0.05) is 63.8 Å². The van der Waals surface area contributed by atoms with Gasteiger partial charge in [-0.25, -0.2) is 9.97 Å². The molecule has 9 rings (SSSR count). The molecule has 2 aliphatic heterocycles. The SMILES string of the molecule is CCc1ccc(-c2c3nc(c(-c4ccc(CC)cc4)c4ccc([nH]4)c(-c4ccc(CC)cc4)c4nc(c(-c5ccc(CC)cc5)c5ccc2[nH]5)C=C4)C=C3)cc1.[Zn]. The van der Waals surface area contributed by atoms with Gasteiger partial charge in [-0.05, 0) is 119 Å². The van der Waals surface area contributed by atoms with E-state index in [1.165, 1.54) is 22.3 Å². The summed E-state index contributed by atoms with van der Waals surface area (Å²) >= 11 is 0. The molecule has 276 valence electrons. The predicted octanol–water partition coefficient (Wildman–Crippen LogP) is 13.6. The monoisotopic (exact) mass is 790 g/mol. The van der Waals surface area contributed by atoms with Crippen molar-refractivity contribution in [1.82, 2.24) is 19.9 Å². The van der Waals surface area contributed by atoms with Crippen LogP contribution in [0.5, 0.6) is 0 Å². The van der Waals surface area contributed by atoms with Crippen LogP contribution < -0.4 is 0 Å². The smallest absolute Gasteiger partial charge is 0.0737 e. The molecule has 5 heteroatoms. The Kier molecular flexibility index (Phi) is 10.9. The van der Waals surface area contributed by atoms with Crippen LogP contribution in [0.25, 0.3) is 90.9 Å². The molecule has 2 N–H and O–H groups in total. The van der Waals surface area contributed by atoms with Crippen LogP contribution in [0.15, 0.2) is 121 Å². The van der Waals surface area contributed by atoms with Crippen molar-refractivity contribution in [1.29, 1.82) is 0 Å². The summed E-state index contributed by atoms with van der Waals surface area (Å²) in [6.07, 6.45) is 12.6. The van der Waals surface area contributed by atoms with Crippen molar-refractivity contribution in [2.45, 2.75) is 53.4 Å². The number of aromatic nitrogens is 4. The Hall–Kier alpha value is -5.90. The molecule has 2 aliphatic rings. The fourth-order valence-corrected chi connectivity index (χ4v) is 8.05. The zero-order valence-corrected chi connectivity index (χ0v) is 36.3. The Labute approximate surface area is 348 Å².